The van der Waals surface area contributed by atoms with Crippen molar-refractivity contribution in [3.63, 3.8) is 0 Å². The molecule has 0 bridgehead atoms. The van der Waals surface area contributed by atoms with Crippen molar-refractivity contribution in [2.45, 2.75) is 19.5 Å². The maximum Gasteiger partial charge on any atom is 0.417 e. The molecular weight excluding hydrogens is 231 g/mol. The van der Waals surface area contributed by atoms with Gasteiger partial charge in [0.15, 0.2) is 0 Å². The Bertz CT molecular complexity index is 569. The predicted molar refractivity (Wildman–Crippen MR) is 57.7 cm³/mol. The first-order chi connectivity index (χ1) is 7.88. The van der Waals surface area contributed by atoms with Gasteiger partial charge in [0, 0.05) is 23.0 Å². The largest absolute Gasteiger partial charge is 0.417 e. The summed E-state index contributed by atoms with van der Waals surface area (Å²) in [7, 11) is 0. The number of benzene rings is 1. The molecule has 1 aromatic heterocycles. The number of aromatic amines is 1. The van der Waals surface area contributed by atoms with E-state index in [1.54, 1.807) is 6.07 Å². The molecule has 0 aliphatic rings. The number of rotatable bonds is 2. The third kappa shape index (κ3) is 2.33. The molecule has 0 amide bonds. The Morgan fingerprint density at radius 2 is 2.06 bits per heavy atom. The van der Waals surface area contributed by atoms with E-state index in [0.717, 1.165) is 6.07 Å². The minimum atomic E-state index is -4.38. The molecule has 0 aliphatic carbocycles. The Hall–Kier alpha value is -1.78. The second-order valence-electron chi connectivity index (χ2n) is 3.94. The Kier molecular flexibility index (Phi) is 2.69. The van der Waals surface area contributed by atoms with Crippen molar-refractivity contribution < 1.29 is 18.0 Å². The highest BCUT2D eigenvalue weighted by atomic mass is 19.4. The molecule has 2 rings (SSSR count). The standard InChI is InChI=1S/C12H10F3NO/c1-7(17)5-8-6-9-10(12(13,14)15)3-2-4-11(9)16-8/h2-4,6,16H,5H2,1H3. The second kappa shape index (κ2) is 3.91. The first kappa shape index (κ1) is 11.7. The quantitative estimate of drug-likeness (QED) is 0.859. The van der Waals surface area contributed by atoms with Crippen LogP contribution in [0.1, 0.15) is 18.2 Å². The van der Waals surface area contributed by atoms with E-state index in [4.69, 9.17) is 0 Å². The third-order valence-corrected chi connectivity index (χ3v) is 2.46. The van der Waals surface area contributed by atoms with Gasteiger partial charge in [-0.2, -0.15) is 13.2 Å². The fourth-order valence-corrected chi connectivity index (χ4v) is 1.82. The van der Waals surface area contributed by atoms with Crippen LogP contribution in [0.25, 0.3) is 10.9 Å². The average Bonchev–Trinajstić information content (AvgIpc) is 2.55. The molecule has 2 aromatic rings. The number of nitrogens with one attached hydrogen (secondary N) is 1. The molecule has 0 unspecified atom stereocenters. The molecule has 1 N–H and O–H groups in total. The summed E-state index contributed by atoms with van der Waals surface area (Å²) in [5.74, 6) is -0.0925. The van der Waals surface area contributed by atoms with Gasteiger partial charge in [-0.1, -0.05) is 6.07 Å². The van der Waals surface area contributed by atoms with Crippen LogP contribution in [0.15, 0.2) is 24.3 Å². The van der Waals surface area contributed by atoms with Gasteiger partial charge in [-0.15, -0.1) is 0 Å². The van der Waals surface area contributed by atoms with Gasteiger partial charge < -0.3 is 4.98 Å². The van der Waals surface area contributed by atoms with Gasteiger partial charge in [0.1, 0.15) is 5.78 Å². The number of fused-ring (bicyclic) bond motifs is 1. The van der Waals surface area contributed by atoms with Crippen LogP contribution in [-0.2, 0) is 17.4 Å². The molecular formula is C12H10F3NO. The number of carbonyl (C=O) groups is 1. The summed E-state index contributed by atoms with van der Waals surface area (Å²) in [6.45, 7) is 1.40. The highest BCUT2D eigenvalue weighted by Gasteiger charge is 2.32. The summed E-state index contributed by atoms with van der Waals surface area (Å²) >= 11 is 0. The van der Waals surface area contributed by atoms with E-state index in [2.05, 4.69) is 4.98 Å². The maximum absolute atomic E-state index is 12.7. The molecule has 0 saturated heterocycles. The van der Waals surface area contributed by atoms with Crippen LogP contribution in [-0.4, -0.2) is 10.8 Å². The molecule has 0 spiro atoms. The molecule has 1 aromatic carbocycles. The van der Waals surface area contributed by atoms with Crippen LogP contribution in [0.3, 0.4) is 0 Å². The van der Waals surface area contributed by atoms with Crippen molar-refractivity contribution in [2.75, 3.05) is 0 Å². The molecule has 0 aliphatic heterocycles. The van der Waals surface area contributed by atoms with Gasteiger partial charge in [0.25, 0.3) is 0 Å². The highest BCUT2D eigenvalue weighted by Crippen LogP contribution is 2.34. The van der Waals surface area contributed by atoms with E-state index in [-0.39, 0.29) is 17.6 Å². The van der Waals surface area contributed by atoms with E-state index < -0.39 is 11.7 Å². The molecule has 17 heavy (non-hydrogen) atoms. The lowest BCUT2D eigenvalue weighted by Crippen LogP contribution is -2.04. The van der Waals surface area contributed by atoms with Crippen LogP contribution in [0.2, 0.25) is 0 Å². The zero-order chi connectivity index (χ0) is 12.6. The molecule has 2 nitrogen and oxygen atoms in total. The van der Waals surface area contributed by atoms with Gasteiger partial charge in [-0.25, -0.2) is 0 Å². The Labute approximate surface area is 95.4 Å². The fraction of sp³-hybridized carbons (Fsp3) is 0.250. The fourth-order valence-electron chi connectivity index (χ4n) is 1.82. The van der Waals surface area contributed by atoms with E-state index in [0.29, 0.717) is 11.2 Å². The van der Waals surface area contributed by atoms with Crippen molar-refractivity contribution in [3.8, 4) is 0 Å². The van der Waals surface area contributed by atoms with Crippen molar-refractivity contribution >= 4 is 16.7 Å². The van der Waals surface area contributed by atoms with Gasteiger partial charge in [0.2, 0.25) is 0 Å². The number of halogens is 3. The lowest BCUT2D eigenvalue weighted by atomic mass is 10.1. The molecule has 0 atom stereocenters. The van der Waals surface area contributed by atoms with Gasteiger partial charge in [0.05, 0.1) is 5.56 Å². The summed E-state index contributed by atoms with van der Waals surface area (Å²) in [5, 5.41) is 0.108. The zero-order valence-corrected chi connectivity index (χ0v) is 9.06. The first-order valence-electron chi connectivity index (χ1n) is 5.05. The van der Waals surface area contributed by atoms with Gasteiger partial charge in [-0.3, -0.25) is 4.79 Å². The van der Waals surface area contributed by atoms with E-state index >= 15 is 0 Å². The van der Waals surface area contributed by atoms with Crippen molar-refractivity contribution in [3.05, 3.63) is 35.5 Å². The number of Topliss-reactive ketones (excluding diaryl/α,β-unsaturated/α-hetero) is 1. The van der Waals surface area contributed by atoms with E-state index in [1.165, 1.54) is 19.1 Å². The van der Waals surface area contributed by atoms with Gasteiger partial charge in [-0.05, 0) is 25.1 Å². The van der Waals surface area contributed by atoms with Crippen LogP contribution in [0, 0.1) is 0 Å². The molecule has 0 saturated carbocycles. The van der Waals surface area contributed by atoms with E-state index in [9.17, 15) is 18.0 Å². The second-order valence-corrected chi connectivity index (χ2v) is 3.94. The number of ketones is 1. The lowest BCUT2D eigenvalue weighted by molar-refractivity contribution is -0.136. The van der Waals surface area contributed by atoms with E-state index in [1.807, 2.05) is 0 Å². The normalized spacial score (nSPS) is 12.0. The van der Waals surface area contributed by atoms with Crippen LogP contribution >= 0.6 is 0 Å². The SMILES string of the molecule is CC(=O)Cc1cc2c(C(F)(F)F)cccc2[nH]1. The molecule has 0 radical (unpaired) electrons. The van der Waals surface area contributed by atoms with Crippen LogP contribution < -0.4 is 0 Å². The first-order valence-corrected chi connectivity index (χ1v) is 5.05. The zero-order valence-electron chi connectivity index (χ0n) is 9.06. The van der Waals surface area contributed by atoms with Crippen molar-refractivity contribution in [1.82, 2.24) is 4.98 Å². The monoisotopic (exact) mass is 241 g/mol. The minimum absolute atomic E-state index is 0.0925. The summed E-state index contributed by atoms with van der Waals surface area (Å²) in [6.07, 6.45) is -4.26. The minimum Gasteiger partial charge on any atom is -0.358 e. The molecule has 1 heterocycles. The number of carbonyl (C=O) groups excluding carboxylic acids is 1. The molecule has 90 valence electrons. The van der Waals surface area contributed by atoms with Crippen LogP contribution in [0.5, 0.6) is 0 Å². The van der Waals surface area contributed by atoms with Gasteiger partial charge >= 0.3 is 6.18 Å². The summed E-state index contributed by atoms with van der Waals surface area (Å²) in [5.41, 5.74) is 0.223. The topological polar surface area (TPSA) is 32.9 Å². The van der Waals surface area contributed by atoms with Crippen molar-refractivity contribution in [1.29, 1.82) is 0 Å². The third-order valence-electron chi connectivity index (χ3n) is 2.46. The average molecular weight is 241 g/mol. The Balaban J connectivity index is 2.57. The smallest absolute Gasteiger partial charge is 0.358 e. The lowest BCUT2D eigenvalue weighted by Gasteiger charge is -2.06. The number of aromatic nitrogens is 1. The summed E-state index contributed by atoms with van der Waals surface area (Å²) in [4.78, 5) is 13.7. The van der Waals surface area contributed by atoms with Crippen LogP contribution in [0.4, 0.5) is 13.2 Å². The Morgan fingerprint density at radius 3 is 2.65 bits per heavy atom. The number of hydrogen-bond acceptors (Lipinski definition) is 1. The van der Waals surface area contributed by atoms with Crippen molar-refractivity contribution in [2.24, 2.45) is 0 Å². The number of H-pyrrole nitrogens is 1. The Morgan fingerprint density at radius 1 is 1.35 bits per heavy atom. The summed E-state index contributed by atoms with van der Waals surface area (Å²) in [6, 6.07) is 5.33. The maximum atomic E-state index is 12.7. The molecule has 0 fully saturated rings. The number of alkyl halides is 3. The summed E-state index contributed by atoms with van der Waals surface area (Å²) < 4.78 is 38.1. The predicted octanol–water partition coefficient (Wildman–Crippen LogP) is 3.32. The highest BCUT2D eigenvalue weighted by molar-refractivity contribution is 5.86. The number of hydrogen-bond donors (Lipinski definition) is 1. The molecule has 5 heteroatoms.